The van der Waals surface area contributed by atoms with Crippen LogP contribution in [0.3, 0.4) is 0 Å². The molecule has 1 N–H and O–H groups in total. The van der Waals surface area contributed by atoms with Crippen LogP contribution in [-0.4, -0.2) is 40.8 Å². The third-order valence-corrected chi connectivity index (χ3v) is 9.96. The van der Waals surface area contributed by atoms with Gasteiger partial charge in [-0.15, -0.1) is 10.1 Å². The van der Waals surface area contributed by atoms with E-state index < -0.39 is 22.2 Å². The van der Waals surface area contributed by atoms with Crippen LogP contribution in [0.4, 0.5) is 0 Å². The Bertz CT molecular complexity index is 842. The van der Waals surface area contributed by atoms with E-state index in [2.05, 4.69) is 6.92 Å². The number of ether oxygens (including phenoxy) is 1. The minimum Gasteiger partial charge on any atom is -0.458 e. The molecular formula is C23H31NO7. The Morgan fingerprint density at radius 1 is 1.19 bits per heavy atom. The summed E-state index contributed by atoms with van der Waals surface area (Å²) >= 11 is 0. The van der Waals surface area contributed by atoms with Gasteiger partial charge in [-0.2, -0.15) is 0 Å². The molecule has 1 aliphatic heterocycles. The molecule has 0 unspecified atom stereocenters. The van der Waals surface area contributed by atoms with Gasteiger partial charge in [0.1, 0.15) is 19.0 Å². The zero-order valence-electron chi connectivity index (χ0n) is 18.0. The summed E-state index contributed by atoms with van der Waals surface area (Å²) in [6.07, 6.45) is 8.68. The van der Waals surface area contributed by atoms with Crippen LogP contribution >= 0.6 is 0 Å². The molecule has 0 aromatic rings. The summed E-state index contributed by atoms with van der Waals surface area (Å²) in [5.74, 6) is 0.0198. The second kappa shape index (κ2) is 7.02. The highest BCUT2D eigenvalue weighted by Crippen LogP contribution is 2.69. The lowest BCUT2D eigenvalue weighted by molar-refractivity contribution is -0.769. The summed E-state index contributed by atoms with van der Waals surface area (Å²) in [4.78, 5) is 39.9. The first kappa shape index (κ1) is 20.9. The van der Waals surface area contributed by atoms with Gasteiger partial charge in [-0.1, -0.05) is 6.92 Å². The van der Waals surface area contributed by atoms with Crippen LogP contribution < -0.4 is 0 Å². The SMILES string of the molecule is C[C@]12CC[C@H]3[C@@H](CC[C@@H]4C[C@@H](O[N+](=O)[O-])CC[C@@]43C=O)[C@]1(O)CC[C@@H]2C1=CC(=O)OC1. The maximum Gasteiger partial charge on any atom is 0.331 e. The molecule has 4 fully saturated rings. The first-order valence-electron chi connectivity index (χ1n) is 11.6. The van der Waals surface area contributed by atoms with Crippen LogP contribution in [0.5, 0.6) is 0 Å². The number of cyclic esters (lactones) is 1. The van der Waals surface area contributed by atoms with Gasteiger partial charge >= 0.3 is 5.97 Å². The van der Waals surface area contributed by atoms with E-state index in [9.17, 15) is 24.8 Å². The Hall–Kier alpha value is -1.96. The predicted octanol–water partition coefficient (Wildman–Crippen LogP) is 3.00. The molecule has 31 heavy (non-hydrogen) atoms. The van der Waals surface area contributed by atoms with E-state index in [1.165, 1.54) is 0 Å². The number of fused-ring (bicyclic) bond motifs is 5. The van der Waals surface area contributed by atoms with Crippen molar-refractivity contribution in [1.29, 1.82) is 0 Å². The number of hydrogen-bond donors (Lipinski definition) is 1. The van der Waals surface area contributed by atoms with E-state index in [0.717, 1.165) is 44.0 Å². The summed E-state index contributed by atoms with van der Waals surface area (Å²) in [5.41, 5.74) is -0.739. The van der Waals surface area contributed by atoms with Gasteiger partial charge in [0.25, 0.3) is 5.09 Å². The normalized spacial score (nSPS) is 48.6. The fourth-order valence-corrected chi connectivity index (χ4v) is 8.51. The highest BCUT2D eigenvalue weighted by Gasteiger charge is 2.68. The number of carbonyl (C=O) groups is 2. The van der Waals surface area contributed by atoms with E-state index in [-0.39, 0.29) is 35.1 Å². The van der Waals surface area contributed by atoms with Crippen LogP contribution in [0.25, 0.3) is 0 Å². The van der Waals surface area contributed by atoms with Crippen molar-refractivity contribution in [2.45, 2.75) is 76.4 Å². The molecule has 8 heteroatoms. The molecule has 4 aliphatic carbocycles. The molecule has 170 valence electrons. The van der Waals surface area contributed by atoms with Crippen molar-refractivity contribution >= 4 is 12.3 Å². The van der Waals surface area contributed by atoms with Gasteiger partial charge in [0.2, 0.25) is 0 Å². The predicted molar refractivity (Wildman–Crippen MR) is 108 cm³/mol. The molecule has 5 rings (SSSR count). The molecule has 5 aliphatic rings. The van der Waals surface area contributed by atoms with Crippen molar-refractivity contribution in [3.63, 3.8) is 0 Å². The average molecular weight is 434 g/mol. The van der Waals surface area contributed by atoms with E-state index in [4.69, 9.17) is 9.57 Å². The van der Waals surface area contributed by atoms with Crippen LogP contribution in [0.1, 0.15) is 64.7 Å². The molecular weight excluding hydrogens is 402 g/mol. The topological polar surface area (TPSA) is 116 Å². The molecule has 0 spiro atoms. The zero-order chi connectivity index (χ0) is 22.0. The van der Waals surface area contributed by atoms with Crippen molar-refractivity contribution in [3.8, 4) is 0 Å². The van der Waals surface area contributed by atoms with Crippen LogP contribution in [0, 0.1) is 44.6 Å². The molecule has 4 saturated carbocycles. The van der Waals surface area contributed by atoms with Gasteiger partial charge in [0, 0.05) is 16.9 Å². The van der Waals surface area contributed by atoms with Gasteiger partial charge in [-0.3, -0.25) is 0 Å². The summed E-state index contributed by atoms with van der Waals surface area (Å²) in [5, 5.41) is 22.2. The summed E-state index contributed by atoms with van der Waals surface area (Å²) in [6.45, 7) is 2.48. The van der Waals surface area contributed by atoms with Crippen LogP contribution in [0.2, 0.25) is 0 Å². The van der Waals surface area contributed by atoms with E-state index in [1.807, 2.05) is 0 Å². The Morgan fingerprint density at radius 2 is 2.00 bits per heavy atom. The Morgan fingerprint density at radius 3 is 2.68 bits per heavy atom. The number of aliphatic hydroxyl groups is 1. The molecule has 0 amide bonds. The van der Waals surface area contributed by atoms with Crippen LogP contribution in [-0.2, 0) is 19.2 Å². The first-order valence-corrected chi connectivity index (χ1v) is 11.6. The lowest BCUT2D eigenvalue weighted by Crippen LogP contribution is -2.63. The second-order valence-corrected chi connectivity index (χ2v) is 10.7. The van der Waals surface area contributed by atoms with Gasteiger partial charge < -0.3 is 19.5 Å². The van der Waals surface area contributed by atoms with Gasteiger partial charge in [0.15, 0.2) is 0 Å². The highest BCUT2D eigenvalue weighted by molar-refractivity contribution is 5.85. The van der Waals surface area contributed by atoms with E-state index >= 15 is 0 Å². The maximum absolute atomic E-state index is 12.6. The highest BCUT2D eigenvalue weighted by atomic mass is 17.0. The number of esters is 1. The smallest absolute Gasteiger partial charge is 0.331 e. The number of aldehydes is 1. The largest absolute Gasteiger partial charge is 0.458 e. The van der Waals surface area contributed by atoms with Gasteiger partial charge in [0.05, 0.1) is 5.60 Å². The third-order valence-electron chi connectivity index (χ3n) is 9.96. The molecule has 0 radical (unpaired) electrons. The first-order chi connectivity index (χ1) is 14.7. The van der Waals surface area contributed by atoms with Gasteiger partial charge in [-0.05, 0) is 87.0 Å². The second-order valence-electron chi connectivity index (χ2n) is 10.7. The van der Waals surface area contributed by atoms with Crippen molar-refractivity contribution in [3.05, 3.63) is 21.8 Å². The number of carbonyl (C=O) groups excluding carboxylic acids is 2. The maximum atomic E-state index is 12.6. The Labute approximate surface area is 181 Å². The van der Waals surface area contributed by atoms with Crippen molar-refractivity contribution in [2.75, 3.05) is 6.61 Å². The summed E-state index contributed by atoms with van der Waals surface area (Å²) < 4.78 is 5.16. The molecule has 8 nitrogen and oxygen atoms in total. The summed E-state index contributed by atoms with van der Waals surface area (Å²) in [7, 11) is 0. The van der Waals surface area contributed by atoms with Crippen LogP contribution in [0.15, 0.2) is 11.6 Å². The van der Waals surface area contributed by atoms with Crippen molar-refractivity contribution < 1.29 is 29.4 Å². The average Bonchev–Trinajstić information content (AvgIpc) is 3.27. The Kier molecular flexibility index (Phi) is 4.74. The van der Waals surface area contributed by atoms with Crippen molar-refractivity contribution in [2.24, 2.45) is 34.5 Å². The summed E-state index contributed by atoms with van der Waals surface area (Å²) in [6, 6.07) is 0. The fourth-order valence-electron chi connectivity index (χ4n) is 8.51. The monoisotopic (exact) mass is 433 g/mol. The fraction of sp³-hybridized carbons (Fsp3) is 0.826. The van der Waals surface area contributed by atoms with Gasteiger partial charge in [-0.25, -0.2) is 4.79 Å². The van der Waals surface area contributed by atoms with E-state index in [1.54, 1.807) is 6.08 Å². The molecule has 8 atom stereocenters. The molecule has 0 aromatic heterocycles. The quantitative estimate of drug-likeness (QED) is 0.313. The molecule has 1 heterocycles. The lowest BCUT2D eigenvalue weighted by atomic mass is 9.43. The Balaban J connectivity index is 1.43. The number of rotatable bonds is 4. The number of hydrogen-bond acceptors (Lipinski definition) is 7. The zero-order valence-corrected chi connectivity index (χ0v) is 18.0. The minimum atomic E-state index is -0.873. The van der Waals surface area contributed by atoms with E-state index in [0.29, 0.717) is 32.3 Å². The lowest BCUT2D eigenvalue weighted by Gasteiger charge is -2.63. The molecule has 0 aromatic carbocycles. The number of nitrogens with zero attached hydrogens (tertiary/aromatic N) is 1. The minimum absolute atomic E-state index is 0.0318. The van der Waals surface area contributed by atoms with Crippen molar-refractivity contribution in [1.82, 2.24) is 0 Å². The third kappa shape index (κ3) is 2.82. The molecule has 0 saturated heterocycles. The molecule has 0 bridgehead atoms. The standard InChI is InChI=1S/C23H31NO7/c1-21-7-5-18-19(23(21,27)9-6-17(21)14-10-20(26)30-12-14)3-2-15-11-16(31-24(28)29)4-8-22(15,18)13-25/h10,13,15-19,27H,2-9,11-12H2,1H3/t15-,16+,17-,18+,19-,21-,22-,23-/m1/s1.